The number of hydrogen-bond donors (Lipinski definition) is 0. The van der Waals surface area contributed by atoms with Crippen molar-refractivity contribution in [1.29, 1.82) is 0 Å². The molecular formula is H3CrHgNaPb. The number of hydrogen-bond acceptors (Lipinski definition) is 0. The van der Waals surface area contributed by atoms with Crippen molar-refractivity contribution in [3.63, 3.8) is 0 Å². The molecule has 0 saturated heterocycles. The molecule has 0 heterocycles. The van der Waals surface area contributed by atoms with E-state index in [9.17, 15) is 0 Å². The molecule has 0 aliphatic carbocycles. The Labute approximate surface area is 99.6 Å². The van der Waals surface area contributed by atoms with Gasteiger partial charge in [0.2, 0.25) is 0 Å². The van der Waals surface area contributed by atoms with Crippen molar-refractivity contribution in [2.45, 2.75) is 0 Å². The molecule has 0 rings (SSSR count). The first kappa shape index (κ1) is 26.3. The van der Waals surface area contributed by atoms with Gasteiger partial charge in [-0.25, -0.2) is 0 Å². The molecule has 0 aromatic carbocycles. The molecule has 0 aromatic rings. The van der Waals surface area contributed by atoms with Crippen LogP contribution in [0, 0.1) is 0 Å². The maximum atomic E-state index is 0. The zero-order valence-electron chi connectivity index (χ0n) is 1.82. The molecule has 0 amide bonds. The minimum atomic E-state index is 0. The van der Waals surface area contributed by atoms with Crippen molar-refractivity contribution >= 4 is 56.9 Å². The molecule has 0 aliphatic heterocycles. The Morgan fingerprint density at radius 2 is 1.00 bits per heavy atom. The molecule has 0 unspecified atom stereocenters. The second-order valence-corrected chi connectivity index (χ2v) is 0. The second kappa shape index (κ2) is 16.2. The summed E-state index contributed by atoms with van der Waals surface area (Å²) in [6.45, 7) is 0. The van der Waals surface area contributed by atoms with Crippen molar-refractivity contribution in [3.8, 4) is 0 Å². The van der Waals surface area contributed by atoms with Gasteiger partial charge in [0.1, 0.15) is 0 Å². The van der Waals surface area contributed by atoms with Crippen molar-refractivity contribution in [2.24, 2.45) is 0 Å². The molecule has 0 aliphatic rings. The van der Waals surface area contributed by atoms with Crippen molar-refractivity contribution in [3.05, 3.63) is 0 Å². The van der Waals surface area contributed by atoms with Gasteiger partial charge in [-0.15, -0.1) is 0 Å². The molecule has 0 aromatic heterocycles. The van der Waals surface area contributed by atoms with E-state index >= 15 is 0 Å². The maximum absolute atomic E-state index is 0. The van der Waals surface area contributed by atoms with Crippen LogP contribution in [0.3, 0.4) is 0 Å². The predicted octanol–water partition coefficient (Wildman–Crippen LogP) is -1.57. The molecule has 16 valence electrons. The molecule has 2 radical (unpaired) electrons. The molecule has 0 bridgehead atoms. The van der Waals surface area contributed by atoms with E-state index in [1.165, 1.54) is 0 Å². The van der Waals surface area contributed by atoms with Crippen LogP contribution in [0.4, 0.5) is 0 Å². The molecule has 0 atom stereocenters. The first-order valence-corrected chi connectivity index (χ1v) is 0. The van der Waals surface area contributed by atoms with E-state index < -0.39 is 0 Å². The normalized spacial score (nSPS) is 0. The fourth-order valence-electron chi connectivity index (χ4n) is 0. The van der Waals surface area contributed by atoms with Gasteiger partial charge in [-0.2, -0.15) is 0 Å². The van der Waals surface area contributed by atoms with E-state index in [0.29, 0.717) is 0 Å². The van der Waals surface area contributed by atoms with Gasteiger partial charge in [0, 0.05) is 45.0 Å². The van der Waals surface area contributed by atoms with Crippen molar-refractivity contribution in [2.75, 3.05) is 0 Å². The Hall–Kier alpha value is 3.39. The fraction of sp³-hybridized carbons (Fsp3) is 0. The average molecular weight is 486 g/mol. The molecule has 0 spiro atoms. The molecular weight excluding hydrogens is 483 g/mol. The van der Waals surface area contributed by atoms with Gasteiger partial charge in [0.05, 0.1) is 0 Å². The van der Waals surface area contributed by atoms with Gasteiger partial charge in [-0.1, -0.05) is 0 Å². The zero-order chi connectivity index (χ0) is 0. The van der Waals surface area contributed by atoms with Gasteiger partial charge in [-0.05, 0) is 0 Å². The van der Waals surface area contributed by atoms with Gasteiger partial charge in [-0.3, -0.25) is 0 Å². The summed E-state index contributed by atoms with van der Waals surface area (Å²) in [7, 11) is 0. The fourth-order valence-corrected chi connectivity index (χ4v) is 0. The molecule has 0 saturated carbocycles. The van der Waals surface area contributed by atoms with Crippen molar-refractivity contribution in [1.82, 2.24) is 0 Å². The standard InChI is InChI=1S/Cr.Hg.Na.Pb.3H. The van der Waals surface area contributed by atoms with E-state index in [1.807, 2.05) is 0 Å². The van der Waals surface area contributed by atoms with E-state index in [2.05, 4.69) is 0 Å². The van der Waals surface area contributed by atoms with Crippen LogP contribution in [0.2, 0.25) is 0 Å². The molecule has 4 heteroatoms. The molecule has 4 heavy (non-hydrogen) atoms. The van der Waals surface area contributed by atoms with E-state index in [0.717, 1.165) is 0 Å². The third-order valence-electron chi connectivity index (χ3n) is 0. The summed E-state index contributed by atoms with van der Waals surface area (Å²) in [6.07, 6.45) is 0. The Bertz CT molecular complexity index is 8.00. The van der Waals surface area contributed by atoms with Crippen molar-refractivity contribution < 1.29 is 45.0 Å². The van der Waals surface area contributed by atoms with Gasteiger partial charge >= 0.3 is 56.9 Å². The second-order valence-electron chi connectivity index (χ2n) is 0. The van der Waals surface area contributed by atoms with E-state index in [4.69, 9.17) is 0 Å². The van der Waals surface area contributed by atoms with Crippen LogP contribution in [0.5, 0.6) is 0 Å². The predicted molar refractivity (Wildman–Crippen MR) is 15.7 cm³/mol. The summed E-state index contributed by atoms with van der Waals surface area (Å²) in [5, 5.41) is 0. The third kappa shape index (κ3) is 9.04. The summed E-state index contributed by atoms with van der Waals surface area (Å²) in [5.74, 6) is 0. The van der Waals surface area contributed by atoms with Crippen LogP contribution < -0.4 is 0 Å². The van der Waals surface area contributed by atoms with Gasteiger partial charge < -0.3 is 0 Å². The van der Waals surface area contributed by atoms with Gasteiger partial charge in [0.15, 0.2) is 0 Å². The quantitative estimate of drug-likeness (QED) is 0.364. The topological polar surface area (TPSA) is 0 Å². The third-order valence-corrected chi connectivity index (χ3v) is 0. The molecule has 0 fully saturated rings. The van der Waals surface area contributed by atoms with Crippen LogP contribution >= 0.6 is 0 Å². The molecule has 0 nitrogen and oxygen atoms in total. The van der Waals surface area contributed by atoms with E-state index in [1.54, 1.807) is 0 Å². The minimum absolute atomic E-state index is 0. The van der Waals surface area contributed by atoms with E-state index in [-0.39, 0.29) is 102 Å². The Kier molecular flexibility index (Phi) is 106. The van der Waals surface area contributed by atoms with Crippen LogP contribution in [0.15, 0.2) is 0 Å². The average Bonchev–Trinajstić information content (AvgIpc) is 0. The summed E-state index contributed by atoms with van der Waals surface area (Å²) in [5.41, 5.74) is 0. The van der Waals surface area contributed by atoms with Crippen LogP contribution in [0.25, 0.3) is 0 Å². The molecule has 0 N–H and O–H groups in total. The Morgan fingerprint density at radius 3 is 1.00 bits per heavy atom. The van der Waals surface area contributed by atoms with Crippen LogP contribution in [0.1, 0.15) is 0 Å². The summed E-state index contributed by atoms with van der Waals surface area (Å²) < 4.78 is 0. The monoisotopic (exact) mass is 488 g/mol. The van der Waals surface area contributed by atoms with Gasteiger partial charge in [0.25, 0.3) is 0 Å². The first-order chi connectivity index (χ1) is 0. The summed E-state index contributed by atoms with van der Waals surface area (Å²) in [6, 6.07) is 0. The Balaban J connectivity index is 0. The summed E-state index contributed by atoms with van der Waals surface area (Å²) in [4.78, 5) is 0. The first-order valence-electron chi connectivity index (χ1n) is 0. The Morgan fingerprint density at radius 1 is 1.00 bits per heavy atom. The zero-order valence-corrected chi connectivity index (χ0v) is 14.1. The SMILES string of the molecule is [Cr].[Hg].[NaH].[PbH2]. The van der Waals surface area contributed by atoms with Crippen LogP contribution in [-0.2, 0) is 45.0 Å². The summed E-state index contributed by atoms with van der Waals surface area (Å²) >= 11 is 0. The number of rotatable bonds is 0. The van der Waals surface area contributed by atoms with Crippen LogP contribution in [-0.4, -0.2) is 56.9 Å².